The lowest BCUT2D eigenvalue weighted by molar-refractivity contribution is -0.138. The number of hydrogen-bond donors (Lipinski definition) is 0. The van der Waals surface area contributed by atoms with Gasteiger partial charge in [0.25, 0.3) is 0 Å². The Morgan fingerprint density at radius 2 is 1.04 bits per heavy atom. The Morgan fingerprint density at radius 1 is 0.609 bits per heavy atom. The average Bonchev–Trinajstić information content (AvgIpc) is 2.96. The van der Waals surface area contributed by atoms with E-state index in [9.17, 15) is 32.3 Å². The van der Waals surface area contributed by atoms with Crippen molar-refractivity contribution in [3.63, 3.8) is 0 Å². The molecular formula is C35H31F3O8. The van der Waals surface area contributed by atoms with Crippen molar-refractivity contribution in [1.82, 2.24) is 0 Å². The molecule has 0 radical (unpaired) electrons. The number of esters is 4. The fourth-order valence-electron chi connectivity index (χ4n) is 3.75. The molecule has 240 valence electrons. The third-order valence-electron chi connectivity index (χ3n) is 6.18. The van der Waals surface area contributed by atoms with Crippen molar-refractivity contribution in [1.29, 1.82) is 0 Å². The van der Waals surface area contributed by atoms with Crippen LogP contribution in [0.3, 0.4) is 0 Å². The standard InChI is InChI=1S/C35H31F3O8/c1-18(2)31(39)43-23-10-13-25(29(16-23)45-33(41)20(5)6)22-9-12-26(28(15-22)35(36,37)38)27-14-11-24(44-32(40)19(3)4)17-30(27)46-34(42)21(7)8/h9-17,19H,1,5,7H2,2-4,6,8H3. The van der Waals surface area contributed by atoms with Crippen LogP contribution in [0.5, 0.6) is 23.0 Å². The monoisotopic (exact) mass is 636 g/mol. The van der Waals surface area contributed by atoms with E-state index in [1.165, 1.54) is 57.2 Å². The van der Waals surface area contributed by atoms with Gasteiger partial charge in [-0.15, -0.1) is 0 Å². The third kappa shape index (κ3) is 8.59. The average molecular weight is 637 g/mol. The van der Waals surface area contributed by atoms with Crippen molar-refractivity contribution in [2.24, 2.45) is 5.92 Å². The highest BCUT2D eigenvalue weighted by atomic mass is 19.4. The van der Waals surface area contributed by atoms with Gasteiger partial charge in [-0.25, -0.2) is 14.4 Å². The van der Waals surface area contributed by atoms with Crippen LogP contribution in [-0.2, 0) is 25.4 Å². The number of halogens is 3. The molecule has 0 saturated heterocycles. The molecule has 46 heavy (non-hydrogen) atoms. The van der Waals surface area contributed by atoms with Crippen LogP contribution in [0.4, 0.5) is 13.2 Å². The first-order chi connectivity index (χ1) is 21.4. The summed E-state index contributed by atoms with van der Waals surface area (Å²) in [7, 11) is 0. The van der Waals surface area contributed by atoms with Crippen molar-refractivity contribution in [3.05, 3.63) is 96.6 Å². The Morgan fingerprint density at radius 3 is 1.52 bits per heavy atom. The van der Waals surface area contributed by atoms with Gasteiger partial charge < -0.3 is 18.9 Å². The minimum Gasteiger partial charge on any atom is -0.426 e. The lowest BCUT2D eigenvalue weighted by Crippen LogP contribution is -2.15. The lowest BCUT2D eigenvalue weighted by Gasteiger charge is -2.19. The molecule has 0 unspecified atom stereocenters. The molecule has 0 fully saturated rings. The van der Waals surface area contributed by atoms with Crippen LogP contribution in [0.1, 0.15) is 40.2 Å². The predicted octanol–water partition coefficient (Wildman–Crippen LogP) is 8.05. The van der Waals surface area contributed by atoms with E-state index >= 15 is 0 Å². The topological polar surface area (TPSA) is 105 Å². The second-order valence-electron chi connectivity index (χ2n) is 10.7. The Hall–Kier alpha value is -5.45. The molecule has 3 aromatic rings. The van der Waals surface area contributed by atoms with Crippen LogP contribution in [0.25, 0.3) is 22.3 Å². The minimum atomic E-state index is -4.92. The molecule has 0 amide bonds. The minimum absolute atomic E-state index is 0.0127. The van der Waals surface area contributed by atoms with Crippen LogP contribution in [0.2, 0.25) is 0 Å². The van der Waals surface area contributed by atoms with Gasteiger partial charge in [-0.05, 0) is 62.2 Å². The fraction of sp³-hybridized carbons (Fsp3) is 0.200. The van der Waals surface area contributed by atoms with Crippen LogP contribution in [0.15, 0.2) is 91.1 Å². The molecule has 8 nitrogen and oxygen atoms in total. The summed E-state index contributed by atoms with van der Waals surface area (Å²) < 4.78 is 65.1. The zero-order chi connectivity index (χ0) is 34.5. The third-order valence-corrected chi connectivity index (χ3v) is 6.18. The Bertz CT molecular complexity index is 1770. The normalized spacial score (nSPS) is 11.0. The first-order valence-electron chi connectivity index (χ1n) is 13.7. The van der Waals surface area contributed by atoms with Crippen molar-refractivity contribution < 1.29 is 51.3 Å². The summed E-state index contributed by atoms with van der Waals surface area (Å²) in [6.07, 6.45) is -4.92. The summed E-state index contributed by atoms with van der Waals surface area (Å²) in [5.41, 5.74) is -1.48. The molecular weight excluding hydrogens is 605 g/mol. The van der Waals surface area contributed by atoms with E-state index in [0.29, 0.717) is 0 Å². The van der Waals surface area contributed by atoms with Gasteiger partial charge in [-0.3, -0.25) is 4.79 Å². The van der Waals surface area contributed by atoms with Crippen molar-refractivity contribution in [3.8, 4) is 45.3 Å². The van der Waals surface area contributed by atoms with Crippen LogP contribution < -0.4 is 18.9 Å². The maximum Gasteiger partial charge on any atom is 0.417 e. The van der Waals surface area contributed by atoms with E-state index in [1.54, 1.807) is 13.8 Å². The maximum absolute atomic E-state index is 14.6. The highest BCUT2D eigenvalue weighted by Crippen LogP contribution is 2.45. The molecule has 3 aromatic carbocycles. The molecule has 0 aliphatic heterocycles. The summed E-state index contributed by atoms with van der Waals surface area (Å²) in [6.45, 7) is 17.9. The first kappa shape index (κ1) is 35.0. The maximum atomic E-state index is 14.6. The highest BCUT2D eigenvalue weighted by molar-refractivity contribution is 5.92. The smallest absolute Gasteiger partial charge is 0.417 e. The zero-order valence-corrected chi connectivity index (χ0v) is 25.8. The number of hydrogen-bond acceptors (Lipinski definition) is 8. The van der Waals surface area contributed by atoms with Crippen LogP contribution in [0, 0.1) is 5.92 Å². The van der Waals surface area contributed by atoms with E-state index in [1.807, 2.05) is 0 Å². The Kier molecular flexibility index (Phi) is 10.7. The van der Waals surface area contributed by atoms with E-state index in [-0.39, 0.29) is 62.0 Å². The van der Waals surface area contributed by atoms with Crippen LogP contribution in [-0.4, -0.2) is 23.9 Å². The summed E-state index contributed by atoms with van der Waals surface area (Å²) >= 11 is 0. The second-order valence-corrected chi connectivity index (χ2v) is 10.7. The quantitative estimate of drug-likeness (QED) is 0.125. The molecule has 0 aliphatic carbocycles. The fourth-order valence-corrected chi connectivity index (χ4v) is 3.75. The second kappa shape index (κ2) is 14.1. The number of alkyl halides is 3. The largest absolute Gasteiger partial charge is 0.426 e. The molecule has 0 N–H and O–H groups in total. The van der Waals surface area contributed by atoms with Gasteiger partial charge in [0, 0.05) is 40.0 Å². The molecule has 0 saturated carbocycles. The highest BCUT2D eigenvalue weighted by Gasteiger charge is 2.35. The van der Waals surface area contributed by atoms with Crippen molar-refractivity contribution in [2.75, 3.05) is 0 Å². The number of carbonyl (C=O) groups excluding carboxylic acids is 4. The molecule has 0 bridgehead atoms. The first-order valence-corrected chi connectivity index (χ1v) is 13.7. The van der Waals surface area contributed by atoms with Crippen LogP contribution >= 0.6 is 0 Å². The predicted molar refractivity (Wildman–Crippen MR) is 164 cm³/mol. The van der Waals surface area contributed by atoms with Gasteiger partial charge in [0.15, 0.2) is 0 Å². The summed E-state index contributed by atoms with van der Waals surface area (Å²) in [6, 6.07) is 10.8. The number of carbonyl (C=O) groups is 4. The molecule has 0 aromatic heterocycles. The lowest BCUT2D eigenvalue weighted by atomic mass is 9.93. The molecule has 11 heteroatoms. The summed E-state index contributed by atoms with van der Waals surface area (Å²) in [5.74, 6) is -4.24. The van der Waals surface area contributed by atoms with Gasteiger partial charge in [0.05, 0.1) is 11.5 Å². The molecule has 0 spiro atoms. The van der Waals surface area contributed by atoms with Gasteiger partial charge in [0.1, 0.15) is 23.0 Å². The number of rotatable bonds is 10. The van der Waals surface area contributed by atoms with Crippen molar-refractivity contribution in [2.45, 2.75) is 40.8 Å². The molecule has 0 atom stereocenters. The summed E-state index contributed by atoms with van der Waals surface area (Å²) in [5, 5.41) is 0. The van der Waals surface area contributed by atoms with E-state index in [2.05, 4.69) is 19.7 Å². The SMILES string of the molecule is C=C(C)C(=O)Oc1ccc(-c2ccc(-c3ccc(OC(=O)C(C)C)cc3OC(=O)C(=C)C)c(C(F)(F)F)c2)c(OC(=O)C(=C)C)c1. The molecule has 3 rings (SSSR count). The van der Waals surface area contributed by atoms with E-state index in [4.69, 9.17) is 18.9 Å². The van der Waals surface area contributed by atoms with Gasteiger partial charge >= 0.3 is 30.1 Å². The van der Waals surface area contributed by atoms with Gasteiger partial charge in [-0.2, -0.15) is 13.2 Å². The zero-order valence-electron chi connectivity index (χ0n) is 25.8. The molecule has 0 heterocycles. The van der Waals surface area contributed by atoms with Gasteiger partial charge in [-0.1, -0.05) is 45.7 Å². The molecule has 0 aliphatic rings. The van der Waals surface area contributed by atoms with Crippen molar-refractivity contribution >= 4 is 23.9 Å². The van der Waals surface area contributed by atoms with E-state index < -0.39 is 41.5 Å². The number of benzene rings is 3. The van der Waals surface area contributed by atoms with E-state index in [0.717, 1.165) is 18.2 Å². The Labute approximate surface area is 263 Å². The number of ether oxygens (including phenoxy) is 4. The van der Waals surface area contributed by atoms with Gasteiger partial charge in [0.2, 0.25) is 0 Å². The Balaban J connectivity index is 2.23. The summed E-state index contributed by atoms with van der Waals surface area (Å²) in [4.78, 5) is 49.0.